The van der Waals surface area contributed by atoms with Crippen molar-refractivity contribution in [3.63, 3.8) is 0 Å². The van der Waals surface area contributed by atoms with Crippen LogP contribution in [0.3, 0.4) is 0 Å². The molecule has 1 aromatic rings. The zero-order chi connectivity index (χ0) is 12.4. The summed E-state index contributed by atoms with van der Waals surface area (Å²) in [6.07, 6.45) is 2.58. The number of rotatable bonds is 2. The van der Waals surface area contributed by atoms with Crippen molar-refractivity contribution in [2.45, 2.75) is 39.3 Å². The number of piperidine rings is 1. The highest BCUT2D eigenvalue weighted by Gasteiger charge is 2.24. The van der Waals surface area contributed by atoms with E-state index in [1.54, 1.807) is 0 Å². The number of anilines is 1. The first-order valence-corrected chi connectivity index (χ1v) is 7.07. The summed E-state index contributed by atoms with van der Waals surface area (Å²) in [6.45, 7) is 5.83. The Bertz CT molecular complexity index is 394. The fourth-order valence-corrected chi connectivity index (χ4v) is 3.16. The van der Waals surface area contributed by atoms with Gasteiger partial charge in [-0.2, -0.15) is 0 Å². The summed E-state index contributed by atoms with van der Waals surface area (Å²) >= 11 is 3.62. The van der Waals surface area contributed by atoms with Gasteiger partial charge in [0.05, 0.1) is 12.3 Å². The SMILES string of the molecule is CC1CCC(C)N(c2ccc(CO)cc2Br)C1. The van der Waals surface area contributed by atoms with Crippen LogP contribution >= 0.6 is 15.9 Å². The minimum atomic E-state index is 0.102. The molecule has 0 saturated carbocycles. The van der Waals surface area contributed by atoms with E-state index < -0.39 is 0 Å². The number of halogens is 1. The second-order valence-electron chi connectivity index (χ2n) is 5.13. The third-order valence-corrected chi connectivity index (χ3v) is 4.26. The first kappa shape index (κ1) is 12.9. The van der Waals surface area contributed by atoms with Crippen molar-refractivity contribution in [2.75, 3.05) is 11.4 Å². The molecule has 0 aromatic heterocycles. The van der Waals surface area contributed by atoms with Crippen LogP contribution in [0.1, 0.15) is 32.3 Å². The molecule has 0 amide bonds. The summed E-state index contributed by atoms with van der Waals surface area (Å²) in [4.78, 5) is 2.47. The Labute approximate surface area is 112 Å². The van der Waals surface area contributed by atoms with Crippen LogP contribution in [0.2, 0.25) is 0 Å². The second-order valence-corrected chi connectivity index (χ2v) is 5.98. The highest BCUT2D eigenvalue weighted by Crippen LogP contribution is 2.33. The Morgan fingerprint density at radius 3 is 2.76 bits per heavy atom. The summed E-state index contributed by atoms with van der Waals surface area (Å²) in [7, 11) is 0. The van der Waals surface area contributed by atoms with Gasteiger partial charge in [0.25, 0.3) is 0 Å². The third-order valence-electron chi connectivity index (χ3n) is 3.62. The molecule has 1 saturated heterocycles. The van der Waals surface area contributed by atoms with Crippen molar-refractivity contribution in [1.29, 1.82) is 0 Å². The van der Waals surface area contributed by atoms with Gasteiger partial charge in [0.2, 0.25) is 0 Å². The summed E-state index contributed by atoms with van der Waals surface area (Å²) in [6, 6.07) is 6.74. The van der Waals surface area contributed by atoms with Crippen LogP contribution in [0.5, 0.6) is 0 Å². The minimum absolute atomic E-state index is 0.102. The maximum absolute atomic E-state index is 9.12. The molecule has 0 aliphatic carbocycles. The van der Waals surface area contributed by atoms with Crippen LogP contribution < -0.4 is 4.90 Å². The van der Waals surface area contributed by atoms with Gasteiger partial charge in [-0.3, -0.25) is 0 Å². The monoisotopic (exact) mass is 297 g/mol. The fraction of sp³-hybridized carbons (Fsp3) is 0.571. The van der Waals surface area contributed by atoms with Gasteiger partial charge in [-0.1, -0.05) is 13.0 Å². The van der Waals surface area contributed by atoms with Crippen molar-refractivity contribution < 1.29 is 5.11 Å². The average Bonchev–Trinajstić information content (AvgIpc) is 2.32. The van der Waals surface area contributed by atoms with E-state index in [9.17, 15) is 0 Å². The molecule has 2 nitrogen and oxygen atoms in total. The second kappa shape index (κ2) is 5.40. The van der Waals surface area contributed by atoms with Gasteiger partial charge >= 0.3 is 0 Å². The van der Waals surface area contributed by atoms with Crippen LogP contribution in [0.4, 0.5) is 5.69 Å². The number of aliphatic hydroxyl groups is 1. The first-order valence-electron chi connectivity index (χ1n) is 6.27. The van der Waals surface area contributed by atoms with Crippen LogP contribution in [0, 0.1) is 5.92 Å². The molecule has 2 atom stereocenters. The molecule has 17 heavy (non-hydrogen) atoms. The fourth-order valence-electron chi connectivity index (χ4n) is 2.51. The molecule has 0 spiro atoms. The van der Waals surface area contributed by atoms with E-state index >= 15 is 0 Å². The van der Waals surface area contributed by atoms with Crippen molar-refractivity contribution in [3.8, 4) is 0 Å². The van der Waals surface area contributed by atoms with Gasteiger partial charge in [-0.25, -0.2) is 0 Å². The van der Waals surface area contributed by atoms with E-state index in [2.05, 4.69) is 40.7 Å². The molecule has 1 aliphatic heterocycles. The molecule has 3 heteroatoms. The summed E-state index contributed by atoms with van der Waals surface area (Å²) in [5.74, 6) is 0.760. The lowest BCUT2D eigenvalue weighted by Gasteiger charge is -2.39. The number of hydrogen-bond acceptors (Lipinski definition) is 2. The first-order chi connectivity index (χ1) is 8.11. The lowest BCUT2D eigenvalue weighted by atomic mass is 9.94. The highest BCUT2D eigenvalue weighted by atomic mass is 79.9. The van der Waals surface area contributed by atoms with Crippen molar-refractivity contribution in [2.24, 2.45) is 5.92 Å². The van der Waals surface area contributed by atoms with Crippen molar-refractivity contribution >= 4 is 21.6 Å². The van der Waals surface area contributed by atoms with Gasteiger partial charge in [-0.15, -0.1) is 0 Å². The van der Waals surface area contributed by atoms with Gasteiger partial charge < -0.3 is 10.0 Å². The van der Waals surface area contributed by atoms with Crippen LogP contribution in [-0.2, 0) is 6.61 Å². The minimum Gasteiger partial charge on any atom is -0.392 e. The van der Waals surface area contributed by atoms with E-state index in [1.165, 1.54) is 18.5 Å². The Kier molecular flexibility index (Phi) is 4.10. The Morgan fingerprint density at radius 1 is 1.35 bits per heavy atom. The average molecular weight is 298 g/mol. The van der Waals surface area contributed by atoms with Gasteiger partial charge in [0.15, 0.2) is 0 Å². The normalized spacial score (nSPS) is 25.1. The topological polar surface area (TPSA) is 23.5 Å². The maximum Gasteiger partial charge on any atom is 0.0682 e. The summed E-state index contributed by atoms with van der Waals surface area (Å²) in [5, 5.41) is 9.12. The van der Waals surface area contributed by atoms with E-state index in [1.807, 2.05) is 12.1 Å². The maximum atomic E-state index is 9.12. The van der Waals surface area contributed by atoms with Crippen molar-refractivity contribution in [1.82, 2.24) is 0 Å². The molecule has 2 rings (SSSR count). The molecule has 1 heterocycles. The Hall–Kier alpha value is -0.540. The molecule has 2 unspecified atom stereocenters. The zero-order valence-electron chi connectivity index (χ0n) is 10.5. The molecule has 0 bridgehead atoms. The Morgan fingerprint density at radius 2 is 2.12 bits per heavy atom. The predicted octanol–water partition coefficient (Wildman–Crippen LogP) is 3.57. The number of aliphatic hydroxyl groups excluding tert-OH is 1. The van der Waals surface area contributed by atoms with Crippen LogP contribution in [-0.4, -0.2) is 17.7 Å². The number of hydrogen-bond donors (Lipinski definition) is 1. The van der Waals surface area contributed by atoms with E-state index in [4.69, 9.17) is 5.11 Å². The molecule has 0 radical (unpaired) electrons. The largest absolute Gasteiger partial charge is 0.392 e. The molecular weight excluding hydrogens is 278 g/mol. The van der Waals surface area contributed by atoms with Crippen LogP contribution in [0.15, 0.2) is 22.7 Å². The summed E-state index contributed by atoms with van der Waals surface area (Å²) < 4.78 is 1.09. The van der Waals surface area contributed by atoms with E-state index in [0.717, 1.165) is 22.5 Å². The quantitative estimate of drug-likeness (QED) is 0.902. The molecular formula is C14H20BrNO. The van der Waals surface area contributed by atoms with Gasteiger partial charge in [-0.05, 0) is 59.3 Å². The third kappa shape index (κ3) is 2.83. The van der Waals surface area contributed by atoms with Crippen molar-refractivity contribution in [3.05, 3.63) is 28.2 Å². The van der Waals surface area contributed by atoms with Crippen LogP contribution in [0.25, 0.3) is 0 Å². The van der Waals surface area contributed by atoms with Gasteiger partial charge in [0.1, 0.15) is 0 Å². The zero-order valence-corrected chi connectivity index (χ0v) is 12.1. The number of benzene rings is 1. The molecule has 1 fully saturated rings. The predicted molar refractivity (Wildman–Crippen MR) is 75.3 cm³/mol. The smallest absolute Gasteiger partial charge is 0.0682 e. The highest BCUT2D eigenvalue weighted by molar-refractivity contribution is 9.10. The Balaban J connectivity index is 2.26. The standard InChI is InChI=1S/C14H20BrNO/c1-10-3-4-11(2)16(8-10)14-6-5-12(9-17)7-13(14)15/h5-7,10-11,17H,3-4,8-9H2,1-2H3. The van der Waals surface area contributed by atoms with Gasteiger partial charge in [0, 0.05) is 17.1 Å². The lowest BCUT2D eigenvalue weighted by molar-refractivity contribution is 0.282. The molecule has 1 aliphatic rings. The molecule has 1 N–H and O–H groups in total. The molecule has 1 aromatic carbocycles. The summed E-state index contributed by atoms with van der Waals surface area (Å²) in [5.41, 5.74) is 2.21. The van der Waals surface area contributed by atoms with E-state index in [0.29, 0.717) is 6.04 Å². The van der Waals surface area contributed by atoms with E-state index in [-0.39, 0.29) is 6.61 Å². The number of nitrogens with zero attached hydrogens (tertiary/aromatic N) is 1. The lowest BCUT2D eigenvalue weighted by Crippen LogP contribution is -2.41. The molecule has 94 valence electrons.